The summed E-state index contributed by atoms with van der Waals surface area (Å²) in [4.78, 5) is -0.352. The van der Waals surface area contributed by atoms with Gasteiger partial charge in [-0.3, -0.25) is 0 Å². The Morgan fingerprint density at radius 2 is 1.69 bits per heavy atom. The number of nitrogens with zero attached hydrogens (tertiary/aromatic N) is 2. The van der Waals surface area contributed by atoms with Crippen molar-refractivity contribution in [2.45, 2.75) is 18.0 Å². The van der Waals surface area contributed by atoms with Crippen LogP contribution in [-0.4, -0.2) is 23.3 Å². The predicted molar refractivity (Wildman–Crippen MR) is 148 cm³/mol. The maximum atomic E-state index is 13.5. The number of benzene rings is 3. The summed E-state index contributed by atoms with van der Waals surface area (Å²) in [5, 5.41) is 21.4. The lowest BCUT2D eigenvalue weighted by Gasteiger charge is -2.13. The summed E-state index contributed by atoms with van der Waals surface area (Å²) in [6.45, 7) is 0.406. The lowest BCUT2D eigenvalue weighted by molar-refractivity contribution is 0.473. The smallest absolute Gasteiger partial charge is 0.240 e. The SMILES string of the molecule is O=S(=O)(NCc1ccc(CNC2=CC(c3ccccc3O)=CNc3c(Br)cnn32)cc1)c1ccc(F)c(F)c1. The molecule has 1 aliphatic heterocycles. The number of hydrogen-bond donors (Lipinski definition) is 4. The Labute approximate surface area is 231 Å². The summed E-state index contributed by atoms with van der Waals surface area (Å²) in [6.07, 6.45) is 5.34. The predicted octanol–water partition coefficient (Wildman–Crippen LogP) is 5.16. The van der Waals surface area contributed by atoms with Crippen molar-refractivity contribution in [2.24, 2.45) is 0 Å². The average molecular weight is 614 g/mol. The van der Waals surface area contributed by atoms with Crippen LogP contribution in [0.25, 0.3) is 11.4 Å². The van der Waals surface area contributed by atoms with Crippen molar-refractivity contribution >= 4 is 43.2 Å². The van der Waals surface area contributed by atoms with Gasteiger partial charge in [0.05, 0.1) is 15.6 Å². The van der Waals surface area contributed by atoms with Crippen molar-refractivity contribution in [3.8, 4) is 5.75 Å². The van der Waals surface area contributed by atoms with Crippen molar-refractivity contribution in [3.63, 3.8) is 0 Å². The van der Waals surface area contributed by atoms with Crippen molar-refractivity contribution < 1.29 is 22.3 Å². The van der Waals surface area contributed by atoms with Gasteiger partial charge in [0.25, 0.3) is 0 Å². The second-order valence-electron chi connectivity index (χ2n) is 8.61. The van der Waals surface area contributed by atoms with Crippen LogP contribution in [0.1, 0.15) is 16.7 Å². The van der Waals surface area contributed by atoms with E-state index >= 15 is 0 Å². The zero-order valence-corrected chi connectivity index (χ0v) is 22.6. The molecule has 0 aliphatic carbocycles. The number of rotatable bonds is 8. The van der Waals surface area contributed by atoms with E-state index in [1.165, 1.54) is 0 Å². The van der Waals surface area contributed by atoms with Crippen LogP contribution >= 0.6 is 15.9 Å². The number of halogens is 3. The third kappa shape index (κ3) is 5.87. The molecule has 0 spiro atoms. The van der Waals surface area contributed by atoms with Crippen molar-refractivity contribution in [1.29, 1.82) is 0 Å². The highest BCUT2D eigenvalue weighted by Crippen LogP contribution is 2.32. The largest absolute Gasteiger partial charge is 0.507 e. The summed E-state index contributed by atoms with van der Waals surface area (Å²) in [5.74, 6) is -0.820. The Kier molecular flexibility index (Phi) is 7.51. The Bertz CT molecular complexity index is 1700. The molecule has 4 N–H and O–H groups in total. The topological polar surface area (TPSA) is 108 Å². The molecule has 12 heteroatoms. The molecule has 5 rings (SSSR count). The molecule has 0 saturated carbocycles. The highest BCUT2D eigenvalue weighted by atomic mass is 79.9. The maximum absolute atomic E-state index is 13.5. The van der Waals surface area contributed by atoms with E-state index < -0.39 is 21.7 Å². The molecular weight excluding hydrogens is 592 g/mol. The molecule has 0 saturated heterocycles. The number of phenols is 1. The normalized spacial score (nSPS) is 13.1. The molecule has 0 bridgehead atoms. The second-order valence-corrected chi connectivity index (χ2v) is 11.2. The molecule has 200 valence electrons. The summed E-state index contributed by atoms with van der Waals surface area (Å²) in [5.41, 5.74) is 3.00. The number of para-hydroxylation sites is 1. The summed E-state index contributed by atoms with van der Waals surface area (Å²) in [6, 6.07) is 16.7. The summed E-state index contributed by atoms with van der Waals surface area (Å²) >= 11 is 3.50. The maximum Gasteiger partial charge on any atom is 0.240 e. The molecular formula is C27H22BrF2N5O3S. The lowest BCUT2D eigenvalue weighted by Crippen LogP contribution is -2.23. The minimum absolute atomic E-state index is 0.0226. The van der Waals surface area contributed by atoms with Gasteiger partial charge < -0.3 is 15.7 Å². The van der Waals surface area contributed by atoms with Gasteiger partial charge in [0.15, 0.2) is 11.6 Å². The van der Waals surface area contributed by atoms with E-state index in [1.54, 1.807) is 41.3 Å². The van der Waals surface area contributed by atoms with Gasteiger partial charge >= 0.3 is 0 Å². The standard InChI is InChI=1S/C27H22BrF2N5O3S/c28-22-16-33-35-26(11-19(15-32-27(22)35)21-3-1-2-4-25(21)36)31-13-17-5-7-18(8-6-17)14-34-39(37,38)20-9-10-23(29)24(30)12-20/h1-12,15-16,31-32,34,36H,13-14H2. The van der Waals surface area contributed by atoms with Crippen molar-refractivity contribution in [2.75, 3.05) is 5.32 Å². The molecule has 39 heavy (non-hydrogen) atoms. The van der Waals surface area contributed by atoms with Crippen LogP contribution in [0.3, 0.4) is 0 Å². The Morgan fingerprint density at radius 1 is 0.974 bits per heavy atom. The van der Waals surface area contributed by atoms with E-state index in [0.29, 0.717) is 35.4 Å². The van der Waals surface area contributed by atoms with E-state index in [0.717, 1.165) is 27.7 Å². The number of aromatic hydroxyl groups is 1. The fourth-order valence-electron chi connectivity index (χ4n) is 3.91. The minimum Gasteiger partial charge on any atom is -0.507 e. The number of sulfonamides is 1. The highest BCUT2D eigenvalue weighted by molar-refractivity contribution is 9.10. The molecule has 3 aromatic carbocycles. The second kappa shape index (κ2) is 11.0. The average Bonchev–Trinajstić information content (AvgIpc) is 3.19. The van der Waals surface area contributed by atoms with Gasteiger partial charge in [0.1, 0.15) is 17.4 Å². The molecule has 0 radical (unpaired) electrons. The highest BCUT2D eigenvalue weighted by Gasteiger charge is 2.18. The van der Waals surface area contributed by atoms with Crippen LogP contribution in [0.4, 0.5) is 14.6 Å². The number of aromatic nitrogens is 2. The lowest BCUT2D eigenvalue weighted by atomic mass is 10.1. The molecule has 0 atom stereocenters. The molecule has 0 fully saturated rings. The molecule has 0 amide bonds. The van der Waals surface area contributed by atoms with Gasteiger partial charge in [-0.05, 0) is 57.4 Å². The Balaban J connectivity index is 1.28. The van der Waals surface area contributed by atoms with E-state index in [2.05, 4.69) is 36.4 Å². The zero-order valence-electron chi connectivity index (χ0n) is 20.2. The van der Waals surface area contributed by atoms with Gasteiger partial charge in [-0.1, -0.05) is 42.5 Å². The first-order chi connectivity index (χ1) is 18.7. The third-order valence-electron chi connectivity index (χ3n) is 5.99. The molecule has 8 nitrogen and oxygen atoms in total. The first-order valence-corrected chi connectivity index (χ1v) is 14.0. The summed E-state index contributed by atoms with van der Waals surface area (Å²) in [7, 11) is -4.01. The van der Waals surface area contributed by atoms with Crippen LogP contribution in [-0.2, 0) is 23.1 Å². The molecule has 0 unspecified atom stereocenters. The van der Waals surface area contributed by atoms with Gasteiger partial charge in [0.2, 0.25) is 10.0 Å². The van der Waals surface area contributed by atoms with Crippen LogP contribution in [0.5, 0.6) is 5.75 Å². The molecule has 4 aromatic rings. The minimum atomic E-state index is -4.01. The first kappa shape index (κ1) is 26.6. The molecule has 1 aliphatic rings. The summed E-state index contributed by atoms with van der Waals surface area (Å²) < 4.78 is 56.3. The van der Waals surface area contributed by atoms with Gasteiger partial charge in [-0.15, -0.1) is 0 Å². The number of allylic oxidation sites excluding steroid dienone is 2. The Hall–Kier alpha value is -4.00. The van der Waals surface area contributed by atoms with E-state index in [9.17, 15) is 22.3 Å². The van der Waals surface area contributed by atoms with Gasteiger partial charge in [-0.2, -0.15) is 5.10 Å². The van der Waals surface area contributed by atoms with Crippen LogP contribution in [0.2, 0.25) is 0 Å². The number of anilines is 1. The van der Waals surface area contributed by atoms with E-state index in [4.69, 9.17) is 0 Å². The number of fused-ring (bicyclic) bond motifs is 1. The quantitative estimate of drug-likeness (QED) is 0.219. The zero-order chi connectivity index (χ0) is 27.6. The van der Waals surface area contributed by atoms with E-state index in [1.807, 2.05) is 30.3 Å². The van der Waals surface area contributed by atoms with Crippen LogP contribution < -0.4 is 15.4 Å². The van der Waals surface area contributed by atoms with Gasteiger partial charge in [-0.25, -0.2) is 26.6 Å². The van der Waals surface area contributed by atoms with Crippen LogP contribution in [0.15, 0.2) is 94.6 Å². The number of phenolic OH excluding ortho intramolecular Hbond substituents is 1. The fourth-order valence-corrected chi connectivity index (χ4v) is 5.31. The number of nitrogens with one attached hydrogen (secondary N) is 3. The molecule has 2 heterocycles. The molecule has 1 aromatic heterocycles. The third-order valence-corrected chi connectivity index (χ3v) is 7.97. The monoisotopic (exact) mass is 613 g/mol. The van der Waals surface area contributed by atoms with Gasteiger partial charge in [0, 0.05) is 30.4 Å². The van der Waals surface area contributed by atoms with E-state index in [-0.39, 0.29) is 17.2 Å². The van der Waals surface area contributed by atoms with Crippen molar-refractivity contribution in [1.82, 2.24) is 19.8 Å². The van der Waals surface area contributed by atoms with Crippen LogP contribution in [0, 0.1) is 11.6 Å². The number of hydrogen-bond acceptors (Lipinski definition) is 6. The Morgan fingerprint density at radius 3 is 2.41 bits per heavy atom. The fraction of sp³-hybridized carbons (Fsp3) is 0.0741. The first-order valence-electron chi connectivity index (χ1n) is 11.7. The van der Waals surface area contributed by atoms with Crippen molar-refractivity contribution in [3.05, 3.63) is 118 Å².